The van der Waals surface area contributed by atoms with Gasteiger partial charge in [0.05, 0.1) is 7.11 Å². The van der Waals surface area contributed by atoms with Crippen LogP contribution in [0.1, 0.15) is 47.8 Å². The van der Waals surface area contributed by atoms with E-state index in [1.807, 2.05) is 37.3 Å². The van der Waals surface area contributed by atoms with Crippen LogP contribution in [0, 0.1) is 5.82 Å². The van der Waals surface area contributed by atoms with Crippen LogP contribution < -0.4 is 10.1 Å². The minimum absolute atomic E-state index is 0.0520. The first-order valence-electron chi connectivity index (χ1n) is 11.3. The molecule has 182 valence electrons. The van der Waals surface area contributed by atoms with Crippen molar-refractivity contribution in [2.45, 2.75) is 43.7 Å². The summed E-state index contributed by atoms with van der Waals surface area (Å²) in [7, 11) is 1.36. The van der Waals surface area contributed by atoms with Gasteiger partial charge in [-0.15, -0.1) is 0 Å². The molecule has 4 atom stereocenters. The van der Waals surface area contributed by atoms with E-state index < -0.39 is 35.2 Å². The largest absolute Gasteiger partial charge is 0.503 e. The van der Waals surface area contributed by atoms with E-state index in [1.165, 1.54) is 38.4 Å². The molecule has 0 spiro atoms. The van der Waals surface area contributed by atoms with Crippen LogP contribution >= 0.6 is 0 Å². The quantitative estimate of drug-likeness (QED) is 0.473. The first-order valence-corrected chi connectivity index (χ1v) is 11.3. The fourth-order valence-electron chi connectivity index (χ4n) is 4.61. The first kappa shape index (κ1) is 24.2. The van der Waals surface area contributed by atoms with E-state index in [2.05, 4.69) is 10.3 Å². The van der Waals surface area contributed by atoms with E-state index >= 15 is 0 Å². The number of pyridine rings is 1. The lowest BCUT2D eigenvalue weighted by molar-refractivity contribution is -0.151. The number of methoxy groups -OCH3 is 1. The highest BCUT2D eigenvalue weighted by Gasteiger charge is 2.60. The molecule has 4 rings (SSSR count). The number of nitrogens with zero attached hydrogens (tertiary/aromatic N) is 1. The molecular formula is C27H27FN2O5. The van der Waals surface area contributed by atoms with Gasteiger partial charge in [-0.25, -0.2) is 14.2 Å². The number of hydrogen-bond donors (Lipinski definition) is 2. The fraction of sp³-hybridized carbons (Fsp3) is 0.296. The molecule has 0 aliphatic heterocycles. The Morgan fingerprint density at radius 3 is 2.46 bits per heavy atom. The van der Waals surface area contributed by atoms with Crippen LogP contribution in [0.4, 0.5) is 4.39 Å². The molecular weight excluding hydrogens is 451 g/mol. The van der Waals surface area contributed by atoms with Crippen molar-refractivity contribution in [3.05, 3.63) is 89.5 Å². The summed E-state index contributed by atoms with van der Waals surface area (Å²) in [6.07, 6.45) is 1.54. The first-order chi connectivity index (χ1) is 16.8. The number of halogens is 1. The van der Waals surface area contributed by atoms with Crippen LogP contribution in [-0.4, -0.2) is 41.2 Å². The van der Waals surface area contributed by atoms with Crippen LogP contribution in [0.15, 0.2) is 66.9 Å². The lowest BCUT2D eigenvalue weighted by Crippen LogP contribution is -2.42. The van der Waals surface area contributed by atoms with Crippen molar-refractivity contribution in [2.75, 3.05) is 7.11 Å². The third-order valence-corrected chi connectivity index (χ3v) is 6.63. The predicted molar refractivity (Wildman–Crippen MR) is 127 cm³/mol. The molecule has 1 amide bonds. The van der Waals surface area contributed by atoms with Crippen LogP contribution in [0.5, 0.6) is 11.5 Å². The molecule has 1 aromatic heterocycles. The summed E-state index contributed by atoms with van der Waals surface area (Å²) in [6, 6.07) is 16.6. The van der Waals surface area contributed by atoms with Gasteiger partial charge in [-0.3, -0.25) is 4.79 Å². The van der Waals surface area contributed by atoms with Gasteiger partial charge in [0.25, 0.3) is 5.91 Å². The summed E-state index contributed by atoms with van der Waals surface area (Å²) in [4.78, 5) is 29.4. The van der Waals surface area contributed by atoms with Gasteiger partial charge in [-0.05, 0) is 49.4 Å². The number of nitrogens with one attached hydrogen (secondary N) is 1. The van der Waals surface area contributed by atoms with Gasteiger partial charge in [0.15, 0.2) is 17.2 Å². The predicted octanol–water partition coefficient (Wildman–Crippen LogP) is 4.11. The van der Waals surface area contributed by atoms with Gasteiger partial charge >= 0.3 is 5.97 Å². The van der Waals surface area contributed by atoms with Gasteiger partial charge in [0.2, 0.25) is 0 Å². The molecule has 1 heterocycles. The number of hydrogen-bond acceptors (Lipinski definition) is 6. The lowest BCUT2D eigenvalue weighted by Gasteiger charge is -2.27. The maximum Gasteiger partial charge on any atom is 0.328 e. The molecule has 1 saturated carbocycles. The van der Waals surface area contributed by atoms with Crippen molar-refractivity contribution in [2.24, 2.45) is 0 Å². The number of esters is 1. The molecule has 1 fully saturated rings. The topological polar surface area (TPSA) is 97.8 Å². The molecule has 3 aromatic rings. The van der Waals surface area contributed by atoms with Gasteiger partial charge in [-0.2, -0.15) is 0 Å². The zero-order valence-electron chi connectivity index (χ0n) is 19.7. The standard InChI is InChI=1S/C27H27FN2O5/c1-16(30-25(32)23-24(31)22(34-3)13-14-29-23)26(33)35-17(2)27(19-7-5-4-6-8-19)15-21(27)18-9-11-20(28)12-10-18/h4-14,16-17,21,31H,15H2,1-3H3,(H,30,32)/t16-,17?,21?,27?/m0/s1. The zero-order valence-corrected chi connectivity index (χ0v) is 19.7. The highest BCUT2D eigenvalue weighted by atomic mass is 19.1. The summed E-state index contributed by atoms with van der Waals surface area (Å²) < 4.78 is 24.3. The van der Waals surface area contributed by atoms with E-state index in [1.54, 1.807) is 12.1 Å². The van der Waals surface area contributed by atoms with Crippen LogP contribution in [0.3, 0.4) is 0 Å². The second-order valence-electron chi connectivity index (χ2n) is 8.70. The summed E-state index contributed by atoms with van der Waals surface area (Å²) >= 11 is 0. The molecule has 35 heavy (non-hydrogen) atoms. The number of rotatable bonds is 8. The molecule has 1 aliphatic rings. The number of carbonyl (C=O) groups excluding carboxylic acids is 2. The number of amides is 1. The number of aromatic nitrogens is 1. The minimum Gasteiger partial charge on any atom is -0.503 e. The van der Waals surface area contributed by atoms with E-state index in [9.17, 15) is 19.1 Å². The van der Waals surface area contributed by atoms with Gasteiger partial charge in [0, 0.05) is 17.7 Å². The van der Waals surface area contributed by atoms with Gasteiger partial charge in [0.1, 0.15) is 18.0 Å². The maximum absolute atomic E-state index is 13.5. The van der Waals surface area contributed by atoms with Crippen molar-refractivity contribution >= 4 is 11.9 Å². The van der Waals surface area contributed by atoms with Crippen molar-refractivity contribution in [1.82, 2.24) is 10.3 Å². The average molecular weight is 479 g/mol. The highest BCUT2D eigenvalue weighted by Crippen LogP contribution is 2.63. The van der Waals surface area contributed by atoms with Crippen molar-refractivity contribution in [3.63, 3.8) is 0 Å². The Morgan fingerprint density at radius 2 is 1.80 bits per heavy atom. The van der Waals surface area contributed by atoms with E-state index in [4.69, 9.17) is 9.47 Å². The van der Waals surface area contributed by atoms with E-state index in [0.717, 1.165) is 17.5 Å². The van der Waals surface area contributed by atoms with Gasteiger partial charge < -0.3 is 19.9 Å². The van der Waals surface area contributed by atoms with E-state index in [-0.39, 0.29) is 23.2 Å². The Balaban J connectivity index is 1.49. The molecule has 0 saturated heterocycles. The summed E-state index contributed by atoms with van der Waals surface area (Å²) in [5.41, 5.74) is 1.28. The number of ether oxygens (including phenoxy) is 2. The molecule has 8 heteroatoms. The Hall–Kier alpha value is -3.94. The molecule has 0 radical (unpaired) electrons. The number of aromatic hydroxyl groups is 1. The normalized spacial score (nSPS) is 20.4. The molecule has 2 N–H and O–H groups in total. The Labute approximate surface area is 202 Å². The van der Waals surface area contributed by atoms with Crippen molar-refractivity contribution in [1.29, 1.82) is 0 Å². The third kappa shape index (κ3) is 4.69. The van der Waals surface area contributed by atoms with Crippen LogP contribution in [-0.2, 0) is 14.9 Å². The molecule has 3 unspecified atom stereocenters. The minimum atomic E-state index is -0.992. The van der Waals surface area contributed by atoms with Gasteiger partial charge in [-0.1, -0.05) is 42.5 Å². The Bertz CT molecular complexity index is 1220. The average Bonchev–Trinajstić information content (AvgIpc) is 3.62. The van der Waals surface area contributed by atoms with E-state index in [0.29, 0.717) is 0 Å². The smallest absolute Gasteiger partial charge is 0.328 e. The van der Waals surface area contributed by atoms with Crippen molar-refractivity contribution < 1.29 is 28.6 Å². The molecule has 2 aromatic carbocycles. The SMILES string of the molecule is COc1ccnc(C(=O)N[C@@H](C)C(=O)OC(C)C2(c3ccccc3)CC2c2ccc(F)cc2)c1O. The third-order valence-electron chi connectivity index (χ3n) is 6.63. The Morgan fingerprint density at radius 1 is 1.11 bits per heavy atom. The summed E-state index contributed by atoms with van der Waals surface area (Å²) in [5.74, 6) is -1.92. The molecule has 1 aliphatic carbocycles. The lowest BCUT2D eigenvalue weighted by atomic mass is 9.86. The summed E-state index contributed by atoms with van der Waals surface area (Å²) in [5, 5.41) is 12.7. The Kier molecular flexibility index (Phi) is 6.73. The molecule has 7 nitrogen and oxygen atoms in total. The fourth-order valence-corrected chi connectivity index (χ4v) is 4.61. The molecule has 0 bridgehead atoms. The van der Waals surface area contributed by atoms with Crippen molar-refractivity contribution in [3.8, 4) is 11.5 Å². The maximum atomic E-state index is 13.5. The zero-order chi connectivity index (χ0) is 25.2. The van der Waals surface area contributed by atoms with Crippen LogP contribution in [0.2, 0.25) is 0 Å². The number of benzene rings is 2. The summed E-state index contributed by atoms with van der Waals surface area (Å²) in [6.45, 7) is 3.34. The second kappa shape index (κ2) is 9.74. The highest BCUT2D eigenvalue weighted by molar-refractivity contribution is 5.97. The monoisotopic (exact) mass is 478 g/mol. The second-order valence-corrected chi connectivity index (χ2v) is 8.70. The number of carbonyl (C=O) groups is 2. The van der Waals surface area contributed by atoms with Crippen LogP contribution in [0.25, 0.3) is 0 Å².